The lowest BCUT2D eigenvalue weighted by molar-refractivity contribution is 0.584. The average molecular weight is 818 g/mol. The van der Waals surface area contributed by atoms with Gasteiger partial charge in [0, 0.05) is 50.2 Å². The maximum atomic E-state index is 14.8. The SMILES string of the molecule is Fc1cc(F)cc(-c2ccc(-n3c4ccccc4c4ccc(-c5nc(-c6ccccc6)nc(-c6ccccc6)n5)cc43)c(-c3nc(-c4ccccc4)nc(-c4ccccc4)n3)c2)c1. The number of fused-ring (bicyclic) bond motifs is 3. The molecule has 8 aromatic carbocycles. The van der Waals surface area contributed by atoms with E-state index in [1.807, 2.05) is 158 Å². The van der Waals surface area contributed by atoms with Crippen LogP contribution in [0.1, 0.15) is 0 Å². The van der Waals surface area contributed by atoms with Crippen molar-refractivity contribution in [3.8, 4) is 85.1 Å². The smallest absolute Gasteiger partial charge is 0.166 e. The lowest BCUT2D eigenvalue weighted by Gasteiger charge is -2.17. The molecule has 0 fully saturated rings. The van der Waals surface area contributed by atoms with Crippen molar-refractivity contribution >= 4 is 21.8 Å². The second-order valence-electron chi connectivity index (χ2n) is 15.1. The molecule has 0 saturated carbocycles. The van der Waals surface area contributed by atoms with E-state index in [4.69, 9.17) is 29.9 Å². The summed E-state index contributed by atoms with van der Waals surface area (Å²) in [5.74, 6) is 1.64. The third-order valence-electron chi connectivity index (χ3n) is 11.0. The minimum Gasteiger partial charge on any atom is -0.308 e. The van der Waals surface area contributed by atoms with Crippen LogP contribution in [0.25, 0.3) is 107 Å². The molecule has 3 aromatic heterocycles. The molecule has 9 heteroatoms. The summed E-state index contributed by atoms with van der Waals surface area (Å²) in [6.45, 7) is 0. The highest BCUT2D eigenvalue weighted by Crippen LogP contribution is 2.40. The highest BCUT2D eigenvalue weighted by Gasteiger charge is 2.22. The Kier molecular flexibility index (Phi) is 9.39. The van der Waals surface area contributed by atoms with Gasteiger partial charge >= 0.3 is 0 Å². The first kappa shape index (κ1) is 37.4. The van der Waals surface area contributed by atoms with Gasteiger partial charge in [0.2, 0.25) is 0 Å². The van der Waals surface area contributed by atoms with Gasteiger partial charge in [-0.2, -0.15) is 0 Å². The molecule has 0 saturated heterocycles. The fraction of sp³-hybridized carbons (Fsp3) is 0. The summed E-state index contributed by atoms with van der Waals surface area (Å²) < 4.78 is 31.8. The van der Waals surface area contributed by atoms with E-state index < -0.39 is 11.6 Å². The van der Waals surface area contributed by atoms with Crippen molar-refractivity contribution in [3.63, 3.8) is 0 Å². The number of para-hydroxylation sites is 1. The van der Waals surface area contributed by atoms with E-state index in [1.165, 1.54) is 12.1 Å². The molecule has 0 spiro atoms. The van der Waals surface area contributed by atoms with Gasteiger partial charge in [-0.05, 0) is 47.5 Å². The summed E-state index contributed by atoms with van der Waals surface area (Å²) in [5, 5.41) is 2.03. The maximum Gasteiger partial charge on any atom is 0.166 e. The molecule has 0 bridgehead atoms. The molecule has 63 heavy (non-hydrogen) atoms. The van der Waals surface area contributed by atoms with Crippen molar-refractivity contribution in [1.29, 1.82) is 0 Å². The van der Waals surface area contributed by atoms with E-state index in [-0.39, 0.29) is 0 Å². The minimum absolute atomic E-state index is 0.378. The van der Waals surface area contributed by atoms with Crippen LogP contribution in [-0.4, -0.2) is 34.5 Å². The summed E-state index contributed by atoms with van der Waals surface area (Å²) in [7, 11) is 0. The van der Waals surface area contributed by atoms with Crippen LogP contribution in [0.5, 0.6) is 0 Å². The Morgan fingerprint density at radius 1 is 0.286 bits per heavy atom. The number of nitrogens with zero attached hydrogens (tertiary/aromatic N) is 7. The summed E-state index contributed by atoms with van der Waals surface area (Å²) in [6.07, 6.45) is 0. The topological polar surface area (TPSA) is 82.3 Å². The number of aromatic nitrogens is 7. The summed E-state index contributed by atoms with van der Waals surface area (Å²) in [6, 6.07) is 63.0. The van der Waals surface area contributed by atoms with E-state index >= 15 is 0 Å². The Labute approximate surface area is 360 Å². The molecular weight excluding hydrogens is 785 g/mol. The Bertz CT molecular complexity index is 3330. The standard InChI is InChI=1S/C54H33F2N7/c55-41-29-40(30-42(56)33-41)38-26-28-47(45(31-38)54-61-51(36-19-9-3-10-20-36)58-52(62-54)37-21-11-4-12-22-37)63-46-24-14-13-23-43(46)44-27-25-39(32-48(44)63)53-59-49(34-15-5-1-6-16-34)57-50(60-53)35-17-7-2-8-18-35/h1-33H. The van der Waals surface area contributed by atoms with E-state index in [0.29, 0.717) is 51.6 Å². The number of hydrogen-bond acceptors (Lipinski definition) is 6. The third kappa shape index (κ3) is 7.17. The van der Waals surface area contributed by atoms with Crippen LogP contribution in [0.15, 0.2) is 200 Å². The fourth-order valence-corrected chi connectivity index (χ4v) is 8.05. The van der Waals surface area contributed by atoms with Gasteiger partial charge in [0.15, 0.2) is 34.9 Å². The second kappa shape index (κ2) is 15.8. The lowest BCUT2D eigenvalue weighted by Crippen LogP contribution is -2.04. The van der Waals surface area contributed by atoms with Crippen LogP contribution < -0.4 is 0 Å². The predicted molar refractivity (Wildman–Crippen MR) is 246 cm³/mol. The number of rotatable bonds is 8. The zero-order valence-electron chi connectivity index (χ0n) is 33.4. The molecule has 0 aliphatic rings. The third-order valence-corrected chi connectivity index (χ3v) is 11.0. The summed E-state index contributed by atoms with van der Waals surface area (Å²) >= 11 is 0. The molecule has 0 N–H and O–H groups in total. The van der Waals surface area contributed by atoms with Gasteiger partial charge in [0.05, 0.1) is 16.7 Å². The van der Waals surface area contributed by atoms with Crippen molar-refractivity contribution in [1.82, 2.24) is 34.5 Å². The number of benzene rings is 8. The molecule has 0 radical (unpaired) electrons. The van der Waals surface area contributed by atoms with Crippen LogP contribution in [0, 0.1) is 11.6 Å². The average Bonchev–Trinajstić information content (AvgIpc) is 3.68. The Balaban J connectivity index is 1.18. The molecule has 3 heterocycles. The van der Waals surface area contributed by atoms with Crippen LogP contribution in [0.2, 0.25) is 0 Å². The summed E-state index contributed by atoms with van der Waals surface area (Å²) in [4.78, 5) is 30.2. The Morgan fingerprint density at radius 2 is 0.698 bits per heavy atom. The first-order chi connectivity index (χ1) is 31.0. The van der Waals surface area contributed by atoms with Crippen molar-refractivity contribution in [2.75, 3.05) is 0 Å². The largest absolute Gasteiger partial charge is 0.308 e. The molecule has 0 aliphatic carbocycles. The van der Waals surface area contributed by atoms with Crippen molar-refractivity contribution in [2.24, 2.45) is 0 Å². The molecule has 0 unspecified atom stereocenters. The van der Waals surface area contributed by atoms with Gasteiger partial charge in [0.25, 0.3) is 0 Å². The molecular formula is C54H33F2N7. The van der Waals surface area contributed by atoms with Crippen LogP contribution in [0.4, 0.5) is 8.78 Å². The van der Waals surface area contributed by atoms with Gasteiger partial charge in [-0.15, -0.1) is 0 Å². The zero-order valence-corrected chi connectivity index (χ0v) is 33.4. The quantitative estimate of drug-likeness (QED) is 0.152. The monoisotopic (exact) mass is 817 g/mol. The number of halogens is 2. The van der Waals surface area contributed by atoms with E-state index in [9.17, 15) is 8.78 Å². The molecule has 11 aromatic rings. The molecule has 11 rings (SSSR count). The van der Waals surface area contributed by atoms with Crippen molar-refractivity contribution < 1.29 is 8.78 Å². The second-order valence-corrected chi connectivity index (χ2v) is 15.1. The van der Waals surface area contributed by atoms with Crippen molar-refractivity contribution in [2.45, 2.75) is 0 Å². The number of hydrogen-bond donors (Lipinski definition) is 0. The maximum absolute atomic E-state index is 14.8. The molecule has 298 valence electrons. The highest BCUT2D eigenvalue weighted by molar-refractivity contribution is 6.10. The predicted octanol–water partition coefficient (Wildman–Crippen LogP) is 13.1. The molecule has 7 nitrogen and oxygen atoms in total. The zero-order chi connectivity index (χ0) is 42.3. The van der Waals surface area contributed by atoms with Gasteiger partial charge in [-0.1, -0.05) is 158 Å². The Morgan fingerprint density at radius 3 is 1.21 bits per heavy atom. The van der Waals surface area contributed by atoms with E-state index in [1.54, 1.807) is 0 Å². The lowest BCUT2D eigenvalue weighted by atomic mass is 10.0. The Hall–Kier alpha value is -8.56. The molecule has 0 atom stereocenters. The van der Waals surface area contributed by atoms with Crippen LogP contribution >= 0.6 is 0 Å². The highest BCUT2D eigenvalue weighted by atomic mass is 19.1. The molecule has 0 aliphatic heterocycles. The van der Waals surface area contributed by atoms with Gasteiger partial charge in [-0.25, -0.2) is 38.7 Å². The minimum atomic E-state index is -0.674. The first-order valence-corrected chi connectivity index (χ1v) is 20.4. The molecule has 0 amide bonds. The van der Waals surface area contributed by atoms with Gasteiger partial charge in [0.1, 0.15) is 11.6 Å². The summed E-state index contributed by atoms with van der Waals surface area (Å²) in [5.41, 5.74) is 8.30. The van der Waals surface area contributed by atoms with Crippen molar-refractivity contribution in [3.05, 3.63) is 212 Å². The van der Waals surface area contributed by atoms with Gasteiger partial charge in [-0.3, -0.25) is 0 Å². The van der Waals surface area contributed by atoms with E-state index in [2.05, 4.69) is 28.8 Å². The fourth-order valence-electron chi connectivity index (χ4n) is 8.05. The first-order valence-electron chi connectivity index (χ1n) is 20.4. The van der Waals surface area contributed by atoms with Crippen LogP contribution in [-0.2, 0) is 0 Å². The normalized spacial score (nSPS) is 11.3. The van der Waals surface area contributed by atoms with E-state index in [0.717, 1.165) is 61.4 Å². The van der Waals surface area contributed by atoms with Crippen LogP contribution in [0.3, 0.4) is 0 Å². The van der Waals surface area contributed by atoms with Gasteiger partial charge < -0.3 is 4.57 Å².